The molecule has 0 atom stereocenters. The second-order valence-corrected chi connectivity index (χ2v) is 4.94. The van der Waals surface area contributed by atoms with Gasteiger partial charge in [0, 0.05) is 12.7 Å². The van der Waals surface area contributed by atoms with Gasteiger partial charge in [-0.05, 0) is 46.6 Å². The number of benzene rings is 1. The molecule has 0 saturated heterocycles. The first-order valence-electron chi connectivity index (χ1n) is 5.80. The number of amides is 1. The van der Waals surface area contributed by atoms with E-state index < -0.39 is 5.82 Å². The van der Waals surface area contributed by atoms with Gasteiger partial charge in [0.1, 0.15) is 11.5 Å². The van der Waals surface area contributed by atoms with Gasteiger partial charge >= 0.3 is 0 Å². The van der Waals surface area contributed by atoms with Crippen LogP contribution in [0, 0.1) is 5.82 Å². The normalized spacial score (nSPS) is 10.5. The summed E-state index contributed by atoms with van der Waals surface area (Å²) >= 11 is 3.06. The summed E-state index contributed by atoms with van der Waals surface area (Å²) < 4.78 is 15.2. The second kappa shape index (κ2) is 5.52. The summed E-state index contributed by atoms with van der Waals surface area (Å²) in [5.74, 6) is -0.728. The molecule has 0 radical (unpaired) electrons. The molecular weight excluding hydrogens is 313 g/mol. The van der Waals surface area contributed by atoms with Gasteiger partial charge < -0.3 is 5.32 Å². The highest BCUT2D eigenvalue weighted by Crippen LogP contribution is 2.19. The molecule has 0 spiro atoms. The predicted molar refractivity (Wildman–Crippen MR) is 74.6 cm³/mol. The Morgan fingerprint density at radius 2 is 2.21 bits per heavy atom. The first kappa shape index (κ1) is 13.7. The van der Waals surface area contributed by atoms with Crippen LogP contribution in [0.3, 0.4) is 0 Å². The standard InChI is InChI=1S/C13H13BrFN3O/c1-3-8-7-12(18(2)17-8)13(19)16-9-4-5-10(14)11(15)6-9/h4-7H,3H2,1-2H3,(H,16,19). The minimum atomic E-state index is -0.419. The van der Waals surface area contributed by atoms with Gasteiger partial charge in [0.25, 0.3) is 5.91 Å². The molecule has 19 heavy (non-hydrogen) atoms. The zero-order valence-electron chi connectivity index (χ0n) is 10.6. The van der Waals surface area contributed by atoms with Crippen molar-refractivity contribution in [3.8, 4) is 0 Å². The Balaban J connectivity index is 2.20. The van der Waals surface area contributed by atoms with Crippen molar-refractivity contribution in [1.82, 2.24) is 9.78 Å². The van der Waals surface area contributed by atoms with Crippen molar-refractivity contribution in [3.63, 3.8) is 0 Å². The van der Waals surface area contributed by atoms with E-state index in [4.69, 9.17) is 0 Å². The number of hydrogen-bond acceptors (Lipinski definition) is 2. The van der Waals surface area contributed by atoms with Crippen LogP contribution in [0.15, 0.2) is 28.7 Å². The quantitative estimate of drug-likeness (QED) is 0.942. The average Bonchev–Trinajstić information content (AvgIpc) is 2.75. The monoisotopic (exact) mass is 325 g/mol. The smallest absolute Gasteiger partial charge is 0.273 e. The van der Waals surface area contributed by atoms with Crippen molar-refractivity contribution < 1.29 is 9.18 Å². The molecule has 0 aliphatic heterocycles. The molecule has 100 valence electrons. The lowest BCUT2D eigenvalue weighted by Gasteiger charge is -2.05. The number of nitrogens with zero attached hydrogens (tertiary/aromatic N) is 2. The van der Waals surface area contributed by atoms with Gasteiger partial charge in [-0.1, -0.05) is 6.92 Å². The fourth-order valence-corrected chi connectivity index (χ4v) is 1.93. The van der Waals surface area contributed by atoms with E-state index in [-0.39, 0.29) is 5.91 Å². The Morgan fingerprint density at radius 1 is 1.47 bits per heavy atom. The largest absolute Gasteiger partial charge is 0.321 e. The van der Waals surface area contributed by atoms with Crippen LogP contribution in [-0.4, -0.2) is 15.7 Å². The number of hydrogen-bond donors (Lipinski definition) is 1. The third kappa shape index (κ3) is 3.01. The predicted octanol–water partition coefficient (Wildman–Crippen LogP) is 3.14. The fourth-order valence-electron chi connectivity index (χ4n) is 1.68. The first-order chi connectivity index (χ1) is 9.01. The summed E-state index contributed by atoms with van der Waals surface area (Å²) in [6.45, 7) is 1.97. The molecule has 2 rings (SSSR count). The fraction of sp³-hybridized carbons (Fsp3) is 0.231. The Kier molecular flexibility index (Phi) is 3.99. The molecule has 1 N–H and O–H groups in total. The van der Waals surface area contributed by atoms with Gasteiger partial charge in [-0.2, -0.15) is 5.10 Å². The number of rotatable bonds is 3. The van der Waals surface area contributed by atoms with Crippen molar-refractivity contribution >= 4 is 27.5 Å². The molecular formula is C13H13BrFN3O. The maximum atomic E-state index is 13.4. The summed E-state index contributed by atoms with van der Waals surface area (Å²) in [5, 5.41) is 6.84. The van der Waals surface area contributed by atoms with E-state index in [0.29, 0.717) is 15.9 Å². The molecule has 0 aliphatic rings. The van der Waals surface area contributed by atoms with E-state index in [9.17, 15) is 9.18 Å². The SMILES string of the molecule is CCc1cc(C(=O)Nc2ccc(Br)c(F)c2)n(C)n1. The zero-order valence-corrected chi connectivity index (χ0v) is 12.2. The van der Waals surface area contributed by atoms with Crippen molar-refractivity contribution in [2.24, 2.45) is 7.05 Å². The molecule has 4 nitrogen and oxygen atoms in total. The topological polar surface area (TPSA) is 46.9 Å². The number of nitrogens with one attached hydrogen (secondary N) is 1. The van der Waals surface area contributed by atoms with Crippen LogP contribution in [0.25, 0.3) is 0 Å². The summed E-state index contributed by atoms with van der Waals surface area (Å²) in [5.41, 5.74) is 1.69. The molecule has 0 bridgehead atoms. The summed E-state index contributed by atoms with van der Waals surface area (Å²) in [7, 11) is 1.70. The lowest BCUT2D eigenvalue weighted by molar-refractivity contribution is 0.101. The van der Waals surface area contributed by atoms with Crippen LogP contribution >= 0.6 is 15.9 Å². The average molecular weight is 326 g/mol. The van der Waals surface area contributed by atoms with E-state index in [1.807, 2.05) is 6.92 Å². The lowest BCUT2D eigenvalue weighted by Crippen LogP contribution is -2.16. The maximum Gasteiger partial charge on any atom is 0.273 e. The van der Waals surface area contributed by atoms with Crippen LogP contribution in [0.2, 0.25) is 0 Å². The van der Waals surface area contributed by atoms with Crippen LogP contribution in [0.1, 0.15) is 23.1 Å². The van der Waals surface area contributed by atoms with E-state index in [2.05, 4.69) is 26.3 Å². The first-order valence-corrected chi connectivity index (χ1v) is 6.60. The highest BCUT2D eigenvalue weighted by Gasteiger charge is 2.13. The minimum absolute atomic E-state index is 0.309. The third-order valence-electron chi connectivity index (χ3n) is 2.70. The van der Waals surface area contributed by atoms with E-state index in [1.54, 1.807) is 25.2 Å². The molecule has 1 heterocycles. The summed E-state index contributed by atoms with van der Waals surface area (Å²) in [6, 6.07) is 6.16. The van der Waals surface area contributed by atoms with E-state index in [0.717, 1.165) is 12.1 Å². The van der Waals surface area contributed by atoms with Crippen LogP contribution in [0.4, 0.5) is 10.1 Å². The Hall–Kier alpha value is -1.69. The van der Waals surface area contributed by atoms with Gasteiger partial charge in [-0.3, -0.25) is 9.48 Å². The third-order valence-corrected chi connectivity index (χ3v) is 3.35. The van der Waals surface area contributed by atoms with Gasteiger partial charge in [0.2, 0.25) is 0 Å². The van der Waals surface area contributed by atoms with Crippen molar-refractivity contribution in [1.29, 1.82) is 0 Å². The van der Waals surface area contributed by atoms with Crippen molar-refractivity contribution in [2.75, 3.05) is 5.32 Å². The molecule has 0 aliphatic carbocycles. The highest BCUT2D eigenvalue weighted by atomic mass is 79.9. The number of aryl methyl sites for hydroxylation is 2. The summed E-state index contributed by atoms with van der Waals surface area (Å²) in [6.07, 6.45) is 0.758. The van der Waals surface area contributed by atoms with Gasteiger partial charge in [0.05, 0.1) is 10.2 Å². The van der Waals surface area contributed by atoms with Crippen LogP contribution in [0.5, 0.6) is 0 Å². The van der Waals surface area contributed by atoms with Crippen LogP contribution < -0.4 is 5.32 Å². The highest BCUT2D eigenvalue weighted by molar-refractivity contribution is 9.10. The molecule has 0 unspecified atom stereocenters. The molecule has 6 heteroatoms. The number of carbonyl (C=O) groups is 1. The molecule has 1 aromatic carbocycles. The summed E-state index contributed by atoms with van der Waals surface area (Å²) in [4.78, 5) is 12.1. The van der Waals surface area contributed by atoms with E-state index in [1.165, 1.54) is 10.7 Å². The Morgan fingerprint density at radius 3 is 2.79 bits per heavy atom. The maximum absolute atomic E-state index is 13.4. The number of carbonyl (C=O) groups excluding carboxylic acids is 1. The van der Waals surface area contributed by atoms with Crippen LogP contribution in [-0.2, 0) is 13.5 Å². The van der Waals surface area contributed by atoms with E-state index >= 15 is 0 Å². The van der Waals surface area contributed by atoms with Gasteiger partial charge in [-0.15, -0.1) is 0 Å². The number of halogens is 2. The van der Waals surface area contributed by atoms with Gasteiger partial charge in [0.15, 0.2) is 0 Å². The Labute approximate surface area is 118 Å². The van der Waals surface area contributed by atoms with Crippen molar-refractivity contribution in [3.05, 3.63) is 45.9 Å². The Bertz CT molecular complexity index is 624. The molecule has 2 aromatic rings. The van der Waals surface area contributed by atoms with Crippen molar-refractivity contribution in [2.45, 2.75) is 13.3 Å². The van der Waals surface area contributed by atoms with Gasteiger partial charge in [-0.25, -0.2) is 4.39 Å². The zero-order chi connectivity index (χ0) is 14.0. The lowest BCUT2D eigenvalue weighted by atomic mass is 10.2. The molecule has 1 aromatic heterocycles. The molecule has 1 amide bonds. The minimum Gasteiger partial charge on any atom is -0.321 e. The number of aromatic nitrogens is 2. The second-order valence-electron chi connectivity index (χ2n) is 4.08. The molecule has 0 saturated carbocycles. The molecule has 0 fully saturated rings. The number of anilines is 1.